The van der Waals surface area contributed by atoms with Crippen LogP contribution in [0.5, 0.6) is 0 Å². The molecule has 2 N–H and O–H groups in total. The Balaban J connectivity index is 2.36. The molecule has 1 heterocycles. The van der Waals surface area contributed by atoms with E-state index in [-0.39, 0.29) is 0 Å². The fourth-order valence-corrected chi connectivity index (χ4v) is 1.76. The van der Waals surface area contributed by atoms with E-state index >= 15 is 0 Å². The quantitative estimate of drug-likeness (QED) is 0.930. The third-order valence-electron chi connectivity index (χ3n) is 2.09. The Hall–Kier alpha value is -1.33. The highest BCUT2D eigenvalue weighted by Gasteiger charge is 2.03. The molecule has 1 aromatic heterocycles. The van der Waals surface area contributed by atoms with Crippen LogP contribution in [0.1, 0.15) is 5.82 Å². The summed E-state index contributed by atoms with van der Waals surface area (Å²) in [7, 11) is 0. The van der Waals surface area contributed by atoms with E-state index in [4.69, 9.17) is 5.73 Å². The summed E-state index contributed by atoms with van der Waals surface area (Å²) < 4.78 is 1.02. The third-order valence-corrected chi connectivity index (χ3v) is 2.58. The van der Waals surface area contributed by atoms with Crippen LogP contribution in [-0.2, 0) is 6.42 Å². The largest absolute Gasteiger partial charge is 0.330 e. The van der Waals surface area contributed by atoms with Gasteiger partial charge in [-0.05, 0) is 18.7 Å². The maximum absolute atomic E-state index is 5.46. The van der Waals surface area contributed by atoms with E-state index in [0.717, 1.165) is 15.7 Å². The van der Waals surface area contributed by atoms with Gasteiger partial charge in [-0.1, -0.05) is 28.1 Å². The molecule has 2 aromatic rings. The second-order valence-corrected chi connectivity index (χ2v) is 4.22. The lowest BCUT2D eigenvalue weighted by atomic mass is 10.2. The first-order valence-corrected chi connectivity index (χ1v) is 5.73. The Morgan fingerprint density at radius 3 is 2.94 bits per heavy atom. The van der Waals surface area contributed by atoms with Gasteiger partial charge >= 0.3 is 0 Å². The van der Waals surface area contributed by atoms with Crippen LogP contribution in [0, 0.1) is 0 Å². The van der Waals surface area contributed by atoms with Gasteiger partial charge in [0.05, 0.1) is 11.9 Å². The van der Waals surface area contributed by atoms with Crippen molar-refractivity contribution in [2.45, 2.75) is 6.42 Å². The van der Waals surface area contributed by atoms with Crippen LogP contribution in [0.25, 0.3) is 11.3 Å². The molecule has 0 atom stereocenters. The average Bonchev–Trinajstić information content (AvgIpc) is 2.30. The summed E-state index contributed by atoms with van der Waals surface area (Å²) in [5.41, 5.74) is 7.29. The fourth-order valence-electron chi connectivity index (χ4n) is 1.36. The molecule has 2 rings (SSSR count). The highest BCUT2D eigenvalue weighted by molar-refractivity contribution is 9.10. The number of rotatable bonds is 3. The van der Waals surface area contributed by atoms with Crippen molar-refractivity contribution in [1.29, 1.82) is 0 Å². The molecule has 82 valence electrons. The van der Waals surface area contributed by atoms with Gasteiger partial charge in [0.1, 0.15) is 0 Å². The van der Waals surface area contributed by atoms with Crippen molar-refractivity contribution in [2.75, 3.05) is 6.54 Å². The summed E-state index contributed by atoms with van der Waals surface area (Å²) in [5, 5.41) is 7.85. The van der Waals surface area contributed by atoms with Crippen LogP contribution < -0.4 is 5.73 Å². The lowest BCUT2D eigenvalue weighted by molar-refractivity contribution is 0.812. The summed E-state index contributed by atoms with van der Waals surface area (Å²) >= 11 is 3.42. The Kier molecular flexibility index (Phi) is 3.58. The molecular formula is C11H11BrN4. The lowest BCUT2D eigenvalue weighted by Gasteiger charge is -2.02. The number of aromatic nitrogens is 3. The first-order valence-electron chi connectivity index (χ1n) is 4.94. The first kappa shape index (κ1) is 11.2. The fraction of sp³-hybridized carbons (Fsp3) is 0.182. The summed E-state index contributed by atoms with van der Waals surface area (Å²) in [5.74, 6) is 0.681. The van der Waals surface area contributed by atoms with Crippen molar-refractivity contribution in [2.24, 2.45) is 5.73 Å². The van der Waals surface area contributed by atoms with E-state index in [2.05, 4.69) is 31.1 Å². The highest BCUT2D eigenvalue weighted by Crippen LogP contribution is 2.20. The van der Waals surface area contributed by atoms with Crippen LogP contribution in [0.3, 0.4) is 0 Å². The zero-order chi connectivity index (χ0) is 11.4. The lowest BCUT2D eigenvalue weighted by Crippen LogP contribution is -2.07. The Labute approximate surface area is 102 Å². The van der Waals surface area contributed by atoms with E-state index in [0.29, 0.717) is 18.8 Å². The van der Waals surface area contributed by atoms with Gasteiger partial charge < -0.3 is 5.73 Å². The van der Waals surface area contributed by atoms with Crippen LogP contribution in [0.4, 0.5) is 0 Å². The van der Waals surface area contributed by atoms with E-state index in [1.165, 1.54) is 0 Å². The molecule has 0 aliphatic rings. The van der Waals surface area contributed by atoms with Crippen LogP contribution >= 0.6 is 15.9 Å². The van der Waals surface area contributed by atoms with Crippen molar-refractivity contribution >= 4 is 15.9 Å². The molecule has 0 aliphatic carbocycles. The van der Waals surface area contributed by atoms with Crippen LogP contribution in [0.2, 0.25) is 0 Å². The molecule has 16 heavy (non-hydrogen) atoms. The normalized spacial score (nSPS) is 10.4. The highest BCUT2D eigenvalue weighted by atomic mass is 79.9. The molecule has 0 saturated heterocycles. The smallest absolute Gasteiger partial charge is 0.152 e. The van der Waals surface area contributed by atoms with Crippen molar-refractivity contribution < 1.29 is 0 Å². The van der Waals surface area contributed by atoms with Gasteiger partial charge in [0, 0.05) is 16.5 Å². The van der Waals surface area contributed by atoms with Crippen LogP contribution in [0.15, 0.2) is 34.9 Å². The standard InChI is InChI=1S/C11H11BrN4/c12-9-3-1-2-8(6-9)10-7-14-16-11(15-10)4-5-13/h1-3,6-7H,4-5,13H2. The molecule has 1 aromatic carbocycles. The predicted molar refractivity (Wildman–Crippen MR) is 65.7 cm³/mol. The second kappa shape index (κ2) is 5.14. The molecule has 0 amide bonds. The number of hydrogen-bond donors (Lipinski definition) is 1. The monoisotopic (exact) mass is 278 g/mol. The number of nitrogens with two attached hydrogens (primary N) is 1. The maximum atomic E-state index is 5.46. The van der Waals surface area contributed by atoms with Gasteiger partial charge in [0.2, 0.25) is 0 Å². The molecule has 0 radical (unpaired) electrons. The second-order valence-electron chi connectivity index (χ2n) is 3.31. The number of nitrogens with zero attached hydrogens (tertiary/aromatic N) is 3. The van der Waals surface area contributed by atoms with E-state index in [9.17, 15) is 0 Å². The van der Waals surface area contributed by atoms with Gasteiger partial charge in [-0.25, -0.2) is 4.98 Å². The van der Waals surface area contributed by atoms with Gasteiger partial charge in [-0.2, -0.15) is 5.10 Å². The molecule has 0 spiro atoms. The summed E-state index contributed by atoms with van der Waals surface area (Å²) in [6.07, 6.45) is 2.30. The average molecular weight is 279 g/mol. The van der Waals surface area contributed by atoms with Crippen molar-refractivity contribution in [1.82, 2.24) is 15.2 Å². The summed E-state index contributed by atoms with van der Waals surface area (Å²) in [6.45, 7) is 0.531. The summed E-state index contributed by atoms with van der Waals surface area (Å²) in [4.78, 5) is 4.40. The van der Waals surface area contributed by atoms with E-state index in [1.54, 1.807) is 6.20 Å². The van der Waals surface area contributed by atoms with Gasteiger partial charge in [0.15, 0.2) is 5.82 Å². The predicted octanol–water partition coefficient (Wildman–Crippen LogP) is 1.80. The minimum Gasteiger partial charge on any atom is -0.330 e. The minimum absolute atomic E-state index is 0.531. The van der Waals surface area contributed by atoms with Crippen molar-refractivity contribution in [3.63, 3.8) is 0 Å². The molecule has 0 unspecified atom stereocenters. The van der Waals surface area contributed by atoms with E-state index in [1.807, 2.05) is 24.3 Å². The van der Waals surface area contributed by atoms with Gasteiger partial charge in [0.25, 0.3) is 0 Å². The molecule has 5 heteroatoms. The first-order chi connectivity index (χ1) is 7.79. The zero-order valence-corrected chi connectivity index (χ0v) is 10.2. The van der Waals surface area contributed by atoms with Gasteiger partial charge in [-0.3, -0.25) is 0 Å². The Morgan fingerprint density at radius 2 is 2.19 bits per heavy atom. The molecule has 0 aliphatic heterocycles. The SMILES string of the molecule is NCCc1nncc(-c2cccc(Br)c2)n1. The summed E-state index contributed by atoms with van der Waals surface area (Å²) in [6, 6.07) is 7.92. The topological polar surface area (TPSA) is 64.7 Å². The Bertz CT molecular complexity index is 487. The third kappa shape index (κ3) is 2.62. The van der Waals surface area contributed by atoms with Crippen molar-refractivity contribution in [3.8, 4) is 11.3 Å². The molecule has 0 fully saturated rings. The number of benzene rings is 1. The number of halogens is 1. The number of hydrogen-bond acceptors (Lipinski definition) is 4. The molecule has 4 nitrogen and oxygen atoms in total. The van der Waals surface area contributed by atoms with E-state index < -0.39 is 0 Å². The van der Waals surface area contributed by atoms with Crippen molar-refractivity contribution in [3.05, 3.63) is 40.8 Å². The van der Waals surface area contributed by atoms with Crippen LogP contribution in [-0.4, -0.2) is 21.7 Å². The van der Waals surface area contributed by atoms with Gasteiger partial charge in [-0.15, -0.1) is 5.10 Å². The Morgan fingerprint density at radius 1 is 1.31 bits per heavy atom. The molecule has 0 bridgehead atoms. The molecule has 0 saturated carbocycles. The zero-order valence-electron chi connectivity index (χ0n) is 8.60. The molecular weight excluding hydrogens is 268 g/mol. The minimum atomic E-state index is 0.531. The maximum Gasteiger partial charge on any atom is 0.152 e.